The van der Waals surface area contributed by atoms with E-state index < -0.39 is 6.09 Å². The zero-order valence-electron chi connectivity index (χ0n) is 10.8. The van der Waals surface area contributed by atoms with Crippen LogP contribution >= 0.6 is 0 Å². The topological polar surface area (TPSA) is 58.6 Å². The average molecular weight is 260 g/mol. The summed E-state index contributed by atoms with van der Waals surface area (Å²) in [5.41, 5.74) is 2.73. The van der Waals surface area contributed by atoms with Gasteiger partial charge in [0, 0.05) is 23.8 Å². The van der Waals surface area contributed by atoms with E-state index in [2.05, 4.69) is 10.1 Å². The number of rotatable bonds is 2. The molecular formula is C14H16N2O3. The molecule has 100 valence electrons. The minimum absolute atomic E-state index is 0.211. The molecule has 0 aromatic heterocycles. The van der Waals surface area contributed by atoms with Gasteiger partial charge in [-0.3, -0.25) is 10.1 Å². The summed E-state index contributed by atoms with van der Waals surface area (Å²) in [4.78, 5) is 25.2. The smallest absolute Gasteiger partial charge is 0.411 e. The molecule has 5 heteroatoms. The number of methoxy groups -OCH3 is 1. The Kier molecular flexibility index (Phi) is 2.89. The molecule has 1 aromatic carbocycles. The molecule has 2 aliphatic rings. The van der Waals surface area contributed by atoms with E-state index in [4.69, 9.17) is 0 Å². The average Bonchev–Trinajstić information content (AvgIpc) is 3.18. The summed E-state index contributed by atoms with van der Waals surface area (Å²) < 4.78 is 4.57. The fourth-order valence-electron chi connectivity index (χ4n) is 2.41. The van der Waals surface area contributed by atoms with Gasteiger partial charge in [-0.05, 0) is 37.0 Å². The first kappa shape index (κ1) is 12.0. The van der Waals surface area contributed by atoms with Gasteiger partial charge in [-0.25, -0.2) is 4.79 Å². The molecule has 5 nitrogen and oxygen atoms in total. The van der Waals surface area contributed by atoms with Crippen LogP contribution in [-0.2, 0) is 16.0 Å². The van der Waals surface area contributed by atoms with Crippen LogP contribution < -0.4 is 10.2 Å². The molecule has 0 spiro atoms. The Hall–Kier alpha value is -2.04. The minimum Gasteiger partial charge on any atom is -0.453 e. The van der Waals surface area contributed by atoms with Crippen molar-refractivity contribution in [2.24, 2.45) is 5.92 Å². The van der Waals surface area contributed by atoms with Crippen molar-refractivity contribution in [2.45, 2.75) is 19.3 Å². The van der Waals surface area contributed by atoms with E-state index in [-0.39, 0.29) is 11.8 Å². The largest absolute Gasteiger partial charge is 0.453 e. The van der Waals surface area contributed by atoms with Crippen LogP contribution in [-0.4, -0.2) is 25.7 Å². The highest BCUT2D eigenvalue weighted by Crippen LogP contribution is 2.37. The van der Waals surface area contributed by atoms with E-state index in [0.29, 0.717) is 5.69 Å². The Morgan fingerprint density at radius 2 is 2.16 bits per heavy atom. The van der Waals surface area contributed by atoms with Gasteiger partial charge in [0.2, 0.25) is 5.91 Å². The van der Waals surface area contributed by atoms with Gasteiger partial charge in [-0.2, -0.15) is 0 Å². The number of nitrogens with zero attached hydrogens (tertiary/aromatic N) is 1. The van der Waals surface area contributed by atoms with Crippen molar-refractivity contribution in [2.75, 3.05) is 23.9 Å². The fraction of sp³-hybridized carbons (Fsp3) is 0.429. The van der Waals surface area contributed by atoms with Crippen molar-refractivity contribution in [1.29, 1.82) is 0 Å². The Balaban J connectivity index is 1.84. The highest BCUT2D eigenvalue weighted by molar-refractivity contribution is 5.99. The van der Waals surface area contributed by atoms with Crippen molar-refractivity contribution in [1.82, 2.24) is 0 Å². The van der Waals surface area contributed by atoms with Crippen LogP contribution in [0.25, 0.3) is 0 Å². The van der Waals surface area contributed by atoms with Gasteiger partial charge in [-0.1, -0.05) is 6.07 Å². The molecule has 3 rings (SSSR count). The monoisotopic (exact) mass is 260 g/mol. The number of benzene rings is 1. The second-order valence-electron chi connectivity index (χ2n) is 4.97. The molecule has 19 heavy (non-hydrogen) atoms. The summed E-state index contributed by atoms with van der Waals surface area (Å²) in [6, 6.07) is 5.64. The molecule has 0 atom stereocenters. The van der Waals surface area contributed by atoms with Crippen LogP contribution in [0.5, 0.6) is 0 Å². The summed E-state index contributed by atoms with van der Waals surface area (Å²) in [7, 11) is 1.33. The molecule has 1 aromatic rings. The van der Waals surface area contributed by atoms with Crippen LogP contribution in [0.15, 0.2) is 18.2 Å². The first-order chi connectivity index (χ1) is 9.19. The van der Waals surface area contributed by atoms with E-state index in [1.807, 2.05) is 23.1 Å². The zero-order chi connectivity index (χ0) is 13.4. The van der Waals surface area contributed by atoms with Gasteiger partial charge in [0.25, 0.3) is 0 Å². The maximum absolute atomic E-state index is 12.2. The molecule has 0 radical (unpaired) electrons. The number of amides is 2. The van der Waals surface area contributed by atoms with Crippen LogP contribution in [0, 0.1) is 5.92 Å². The molecular weight excluding hydrogens is 244 g/mol. The number of hydrogen-bond donors (Lipinski definition) is 1. The molecule has 2 amide bonds. The Morgan fingerprint density at radius 1 is 1.37 bits per heavy atom. The van der Waals surface area contributed by atoms with Crippen molar-refractivity contribution in [3.63, 3.8) is 0 Å². The third-order valence-corrected chi connectivity index (χ3v) is 3.61. The van der Waals surface area contributed by atoms with Crippen LogP contribution in [0.4, 0.5) is 16.2 Å². The lowest BCUT2D eigenvalue weighted by Crippen LogP contribution is -2.30. The standard InChI is InChI=1S/C14H16N2O3/c1-19-14(18)15-11-5-4-9-6-7-16(12(9)8-11)13(17)10-2-3-10/h4-5,8,10H,2-3,6-7H2,1H3,(H,15,18). The summed E-state index contributed by atoms with van der Waals surface area (Å²) in [6.45, 7) is 0.742. The normalized spacial score (nSPS) is 17.0. The number of ether oxygens (including phenoxy) is 1. The van der Waals surface area contributed by atoms with E-state index in [9.17, 15) is 9.59 Å². The van der Waals surface area contributed by atoms with E-state index >= 15 is 0 Å². The number of nitrogens with one attached hydrogen (secondary N) is 1. The Labute approximate surface area is 111 Å². The van der Waals surface area contributed by atoms with Crippen LogP contribution in [0.3, 0.4) is 0 Å². The minimum atomic E-state index is -0.502. The lowest BCUT2D eigenvalue weighted by molar-refractivity contribution is -0.119. The maximum atomic E-state index is 12.2. The number of fused-ring (bicyclic) bond motifs is 1. The summed E-state index contributed by atoms with van der Waals surface area (Å²) >= 11 is 0. The molecule has 1 N–H and O–H groups in total. The zero-order valence-corrected chi connectivity index (χ0v) is 10.8. The molecule has 1 saturated carbocycles. The second-order valence-corrected chi connectivity index (χ2v) is 4.97. The van der Waals surface area contributed by atoms with E-state index in [1.54, 1.807) is 0 Å². The SMILES string of the molecule is COC(=O)Nc1ccc2c(c1)N(C(=O)C1CC1)CC2. The highest BCUT2D eigenvalue weighted by Gasteiger charge is 2.36. The Bertz CT molecular complexity index is 537. The number of carbonyl (C=O) groups is 2. The maximum Gasteiger partial charge on any atom is 0.411 e. The van der Waals surface area contributed by atoms with Gasteiger partial charge in [0.1, 0.15) is 0 Å². The van der Waals surface area contributed by atoms with Gasteiger partial charge >= 0.3 is 6.09 Å². The van der Waals surface area contributed by atoms with Crippen molar-refractivity contribution < 1.29 is 14.3 Å². The Morgan fingerprint density at radius 3 is 2.84 bits per heavy atom. The molecule has 1 fully saturated rings. The number of anilines is 2. The van der Waals surface area contributed by atoms with Gasteiger partial charge in [-0.15, -0.1) is 0 Å². The first-order valence-corrected chi connectivity index (χ1v) is 6.48. The fourth-order valence-corrected chi connectivity index (χ4v) is 2.41. The van der Waals surface area contributed by atoms with Crippen molar-refractivity contribution >= 4 is 23.4 Å². The lowest BCUT2D eigenvalue weighted by atomic mass is 10.1. The van der Waals surface area contributed by atoms with Crippen molar-refractivity contribution in [3.8, 4) is 0 Å². The molecule has 0 bridgehead atoms. The molecule has 1 aliphatic carbocycles. The third-order valence-electron chi connectivity index (χ3n) is 3.61. The molecule has 0 unspecified atom stereocenters. The van der Waals surface area contributed by atoms with E-state index in [0.717, 1.165) is 37.1 Å². The molecule has 1 aliphatic heterocycles. The van der Waals surface area contributed by atoms with Gasteiger partial charge in [0.05, 0.1) is 7.11 Å². The summed E-state index contributed by atoms with van der Waals surface area (Å²) in [5, 5.41) is 2.63. The first-order valence-electron chi connectivity index (χ1n) is 6.48. The third kappa shape index (κ3) is 2.28. The number of carbonyl (C=O) groups excluding carboxylic acids is 2. The number of hydrogen-bond acceptors (Lipinski definition) is 3. The van der Waals surface area contributed by atoms with Gasteiger partial charge in [0.15, 0.2) is 0 Å². The van der Waals surface area contributed by atoms with E-state index in [1.165, 1.54) is 7.11 Å². The second kappa shape index (κ2) is 4.57. The van der Waals surface area contributed by atoms with Crippen LogP contribution in [0.2, 0.25) is 0 Å². The molecule has 1 heterocycles. The predicted molar refractivity (Wildman–Crippen MR) is 71.3 cm³/mol. The van der Waals surface area contributed by atoms with Crippen LogP contribution in [0.1, 0.15) is 18.4 Å². The molecule has 0 saturated heterocycles. The lowest BCUT2D eigenvalue weighted by Gasteiger charge is -2.17. The quantitative estimate of drug-likeness (QED) is 0.886. The van der Waals surface area contributed by atoms with Gasteiger partial charge < -0.3 is 9.64 Å². The predicted octanol–water partition coefficient (Wildman–Crippen LogP) is 2.16. The van der Waals surface area contributed by atoms with Crippen molar-refractivity contribution in [3.05, 3.63) is 23.8 Å². The summed E-state index contributed by atoms with van der Waals surface area (Å²) in [5.74, 6) is 0.428. The summed E-state index contributed by atoms with van der Waals surface area (Å²) in [6.07, 6.45) is 2.39. The highest BCUT2D eigenvalue weighted by atomic mass is 16.5.